The van der Waals surface area contributed by atoms with Crippen LogP contribution in [0.3, 0.4) is 0 Å². The summed E-state index contributed by atoms with van der Waals surface area (Å²) in [5.74, 6) is 0.983. The number of rotatable bonds is 4. The number of nitrogens with zero attached hydrogens (tertiary/aromatic N) is 2. The molecule has 2 atom stereocenters. The van der Waals surface area contributed by atoms with Gasteiger partial charge >= 0.3 is 0 Å². The number of benzene rings is 2. The molecule has 4 nitrogen and oxygen atoms in total. The molecule has 4 aromatic rings. The molecule has 1 fully saturated rings. The van der Waals surface area contributed by atoms with Crippen LogP contribution in [0.15, 0.2) is 89.5 Å². The Balaban J connectivity index is 1.61. The topological polar surface area (TPSA) is 41.3 Å². The second-order valence-electron chi connectivity index (χ2n) is 7.16. The van der Waals surface area contributed by atoms with E-state index in [0.717, 1.165) is 11.3 Å². The van der Waals surface area contributed by atoms with E-state index in [0.29, 0.717) is 27.3 Å². The van der Waals surface area contributed by atoms with Crippen LogP contribution in [-0.2, 0) is 0 Å². The van der Waals surface area contributed by atoms with Gasteiger partial charge in [-0.25, -0.2) is 4.39 Å². The van der Waals surface area contributed by atoms with E-state index < -0.39 is 6.04 Å². The van der Waals surface area contributed by atoms with Crippen molar-refractivity contribution in [1.82, 2.24) is 10.3 Å². The Morgan fingerprint density at radius 2 is 1.74 bits per heavy atom. The lowest BCUT2D eigenvalue weighted by Crippen LogP contribution is -2.30. The summed E-state index contributed by atoms with van der Waals surface area (Å²) in [7, 11) is 0. The zero-order valence-corrected chi connectivity index (χ0v) is 17.8. The van der Waals surface area contributed by atoms with Crippen molar-refractivity contribution in [3.05, 3.63) is 107 Å². The van der Waals surface area contributed by atoms with Crippen LogP contribution in [-0.4, -0.2) is 10.1 Å². The number of furan rings is 1. The molecule has 154 valence electrons. The largest absolute Gasteiger partial charge is 0.459 e. The molecule has 1 N–H and O–H groups in total. The van der Waals surface area contributed by atoms with Crippen LogP contribution >= 0.6 is 23.8 Å². The van der Waals surface area contributed by atoms with Crippen LogP contribution in [0.1, 0.15) is 23.5 Å². The van der Waals surface area contributed by atoms with E-state index in [1.807, 2.05) is 54.6 Å². The number of para-hydroxylation sites is 1. The number of thiocarbonyl (C=S) groups is 1. The number of hydrogen-bond donors (Lipinski definition) is 1. The predicted octanol–water partition coefficient (Wildman–Crippen LogP) is 6.31. The van der Waals surface area contributed by atoms with E-state index in [9.17, 15) is 4.39 Å². The third-order valence-electron chi connectivity index (χ3n) is 5.26. The van der Waals surface area contributed by atoms with Gasteiger partial charge in [0, 0.05) is 16.8 Å². The van der Waals surface area contributed by atoms with E-state index >= 15 is 0 Å². The van der Waals surface area contributed by atoms with Gasteiger partial charge in [0.15, 0.2) is 5.11 Å². The fraction of sp³-hybridized carbons (Fsp3) is 0.0833. The van der Waals surface area contributed by atoms with Crippen molar-refractivity contribution >= 4 is 34.6 Å². The molecule has 7 heteroatoms. The van der Waals surface area contributed by atoms with Gasteiger partial charge in [-0.05, 0) is 72.9 Å². The monoisotopic (exact) mass is 449 g/mol. The molecular weight excluding hydrogens is 433 g/mol. The van der Waals surface area contributed by atoms with Crippen LogP contribution in [0.5, 0.6) is 0 Å². The van der Waals surface area contributed by atoms with Gasteiger partial charge in [0.25, 0.3) is 0 Å². The minimum absolute atomic E-state index is 0.308. The molecule has 0 spiro atoms. The van der Waals surface area contributed by atoms with Crippen LogP contribution in [0.2, 0.25) is 5.02 Å². The van der Waals surface area contributed by atoms with Gasteiger partial charge in [-0.15, -0.1) is 0 Å². The summed E-state index contributed by atoms with van der Waals surface area (Å²) in [6.07, 6.45) is 1.73. The summed E-state index contributed by atoms with van der Waals surface area (Å²) in [5, 5.41) is 4.37. The maximum Gasteiger partial charge on any atom is 0.174 e. The maximum atomic E-state index is 14.8. The Morgan fingerprint density at radius 1 is 0.968 bits per heavy atom. The molecule has 2 aromatic heterocycles. The fourth-order valence-corrected chi connectivity index (χ4v) is 4.30. The van der Waals surface area contributed by atoms with Gasteiger partial charge in [0.1, 0.15) is 23.4 Å². The smallest absolute Gasteiger partial charge is 0.174 e. The quantitative estimate of drug-likeness (QED) is 0.370. The third kappa shape index (κ3) is 3.69. The molecule has 1 saturated heterocycles. The number of nitrogens with one attached hydrogen (secondary N) is 1. The normalized spacial score (nSPS) is 18.3. The molecule has 0 amide bonds. The Morgan fingerprint density at radius 3 is 2.48 bits per heavy atom. The molecule has 2 aromatic carbocycles. The minimum atomic E-state index is -0.416. The Kier molecular flexibility index (Phi) is 5.18. The summed E-state index contributed by atoms with van der Waals surface area (Å²) in [4.78, 5) is 6.26. The lowest BCUT2D eigenvalue weighted by atomic mass is 10.0. The average molecular weight is 450 g/mol. The second kappa shape index (κ2) is 8.13. The Bertz CT molecular complexity index is 1230. The number of anilines is 1. The van der Waals surface area contributed by atoms with Crippen LogP contribution in [0.4, 0.5) is 10.1 Å². The number of pyridine rings is 1. The molecule has 1 aliphatic rings. The lowest BCUT2D eigenvalue weighted by Gasteiger charge is -2.26. The highest BCUT2D eigenvalue weighted by Crippen LogP contribution is 2.43. The van der Waals surface area contributed by atoms with Crippen molar-refractivity contribution in [2.24, 2.45) is 0 Å². The first-order valence-corrected chi connectivity index (χ1v) is 10.5. The fourth-order valence-electron chi connectivity index (χ4n) is 3.83. The van der Waals surface area contributed by atoms with Crippen molar-refractivity contribution in [3.63, 3.8) is 0 Å². The zero-order chi connectivity index (χ0) is 21.4. The first kappa shape index (κ1) is 19.7. The standard InChI is InChI=1S/C24H17ClFN3OS/c25-16-10-8-15(9-11-16)20-12-13-21(30-20)23-22(18-6-3-4-14-27-18)28-24(31)29(23)19-7-2-1-5-17(19)26/h1-14,22-23H,(H,28,31)/t22-,23+/m1/s1. The second-order valence-corrected chi connectivity index (χ2v) is 7.98. The van der Waals surface area contributed by atoms with Crippen molar-refractivity contribution in [1.29, 1.82) is 0 Å². The van der Waals surface area contributed by atoms with E-state index in [-0.39, 0.29) is 11.9 Å². The number of halogens is 2. The molecule has 0 bridgehead atoms. The first-order chi connectivity index (χ1) is 15.1. The number of hydrogen-bond acceptors (Lipinski definition) is 3. The summed E-state index contributed by atoms with van der Waals surface area (Å²) in [6.45, 7) is 0. The summed E-state index contributed by atoms with van der Waals surface area (Å²) >= 11 is 11.6. The predicted molar refractivity (Wildman–Crippen MR) is 123 cm³/mol. The molecular formula is C24H17ClFN3OS. The van der Waals surface area contributed by atoms with E-state index in [1.54, 1.807) is 29.3 Å². The van der Waals surface area contributed by atoms with Gasteiger partial charge in [0.2, 0.25) is 0 Å². The highest BCUT2D eigenvalue weighted by atomic mass is 35.5. The Hall–Kier alpha value is -3.22. The molecule has 0 unspecified atom stereocenters. The average Bonchev–Trinajstić information content (AvgIpc) is 3.40. The molecule has 31 heavy (non-hydrogen) atoms. The van der Waals surface area contributed by atoms with Crippen molar-refractivity contribution in [2.75, 3.05) is 4.90 Å². The summed E-state index contributed by atoms with van der Waals surface area (Å²) in [5.41, 5.74) is 2.07. The van der Waals surface area contributed by atoms with E-state index in [2.05, 4.69) is 10.3 Å². The molecule has 1 aliphatic heterocycles. The van der Waals surface area contributed by atoms with Gasteiger partial charge in [-0.1, -0.05) is 29.8 Å². The zero-order valence-electron chi connectivity index (χ0n) is 16.2. The minimum Gasteiger partial charge on any atom is -0.459 e. The van der Waals surface area contributed by atoms with Crippen molar-refractivity contribution < 1.29 is 8.81 Å². The SMILES string of the molecule is Fc1ccccc1N1C(=S)N[C@H](c2ccccn2)[C@@H]1c1ccc(-c2ccc(Cl)cc2)o1. The first-order valence-electron chi connectivity index (χ1n) is 9.72. The van der Waals surface area contributed by atoms with Crippen LogP contribution < -0.4 is 10.2 Å². The maximum absolute atomic E-state index is 14.8. The van der Waals surface area contributed by atoms with Gasteiger partial charge in [-0.3, -0.25) is 4.98 Å². The Labute approximate surface area is 189 Å². The van der Waals surface area contributed by atoms with Crippen LogP contribution in [0.25, 0.3) is 11.3 Å². The molecule has 0 aliphatic carbocycles. The highest BCUT2D eigenvalue weighted by molar-refractivity contribution is 7.80. The van der Waals surface area contributed by atoms with Gasteiger partial charge in [0.05, 0.1) is 17.4 Å². The molecule has 0 saturated carbocycles. The molecule has 3 heterocycles. The van der Waals surface area contributed by atoms with E-state index in [1.165, 1.54) is 6.07 Å². The van der Waals surface area contributed by atoms with Crippen molar-refractivity contribution in [2.45, 2.75) is 12.1 Å². The lowest BCUT2D eigenvalue weighted by molar-refractivity contribution is 0.438. The van der Waals surface area contributed by atoms with Gasteiger partial charge in [-0.2, -0.15) is 0 Å². The third-order valence-corrected chi connectivity index (χ3v) is 5.82. The highest BCUT2D eigenvalue weighted by Gasteiger charge is 2.43. The molecule has 0 radical (unpaired) electrons. The van der Waals surface area contributed by atoms with Crippen molar-refractivity contribution in [3.8, 4) is 11.3 Å². The molecule has 5 rings (SSSR count). The van der Waals surface area contributed by atoms with Gasteiger partial charge < -0.3 is 14.6 Å². The van der Waals surface area contributed by atoms with E-state index in [4.69, 9.17) is 28.2 Å². The van der Waals surface area contributed by atoms with Crippen LogP contribution in [0, 0.1) is 5.82 Å². The number of aromatic nitrogens is 1. The summed E-state index contributed by atoms with van der Waals surface area (Å²) < 4.78 is 21.0. The summed E-state index contributed by atoms with van der Waals surface area (Å²) in [6, 6.07) is 22.7.